The zero-order chi connectivity index (χ0) is 13.4. The molecular weight excluding hydrogens is 226 g/mol. The molecule has 2 N–H and O–H groups in total. The molecule has 1 amide bonds. The van der Waals surface area contributed by atoms with E-state index in [1.165, 1.54) is 6.92 Å². The van der Waals surface area contributed by atoms with Crippen LogP contribution in [0, 0.1) is 0 Å². The predicted octanol–water partition coefficient (Wildman–Crippen LogP) is 0.831. The monoisotopic (exact) mass is 245 g/mol. The Labute approximate surface area is 100 Å². The van der Waals surface area contributed by atoms with Gasteiger partial charge in [0.1, 0.15) is 11.1 Å². The second-order valence-electron chi connectivity index (χ2n) is 5.53. The van der Waals surface area contributed by atoms with Crippen LogP contribution < -0.4 is 0 Å². The van der Waals surface area contributed by atoms with E-state index in [2.05, 4.69) is 0 Å². The minimum absolute atomic E-state index is 0.0155. The Hall–Kier alpha value is -1.30. The summed E-state index contributed by atoms with van der Waals surface area (Å²) in [5.74, 6) is -1.14. The van der Waals surface area contributed by atoms with Crippen LogP contribution in [-0.2, 0) is 9.53 Å². The molecule has 2 atom stereocenters. The van der Waals surface area contributed by atoms with Gasteiger partial charge in [0, 0.05) is 6.42 Å². The molecule has 6 heteroatoms. The summed E-state index contributed by atoms with van der Waals surface area (Å²) in [7, 11) is 0. The molecule has 17 heavy (non-hydrogen) atoms. The average molecular weight is 245 g/mol. The van der Waals surface area contributed by atoms with Crippen LogP contribution in [0.3, 0.4) is 0 Å². The van der Waals surface area contributed by atoms with Crippen LogP contribution in [0.15, 0.2) is 0 Å². The lowest BCUT2D eigenvalue weighted by atomic mass is 9.99. The highest BCUT2D eigenvalue weighted by molar-refractivity contribution is 5.85. The number of carboxylic acid groups (broad SMARTS) is 1. The van der Waals surface area contributed by atoms with E-state index in [4.69, 9.17) is 9.84 Å². The number of aliphatic hydroxyl groups excluding tert-OH is 1. The first kappa shape index (κ1) is 13.8. The molecule has 1 saturated heterocycles. The maximum Gasteiger partial charge on any atom is 0.411 e. The number of amides is 1. The van der Waals surface area contributed by atoms with Gasteiger partial charge in [0.2, 0.25) is 0 Å². The highest BCUT2D eigenvalue weighted by Gasteiger charge is 2.51. The Morgan fingerprint density at radius 1 is 1.41 bits per heavy atom. The fourth-order valence-electron chi connectivity index (χ4n) is 1.84. The minimum atomic E-state index is -1.40. The number of hydrogen-bond acceptors (Lipinski definition) is 4. The third kappa shape index (κ3) is 2.88. The van der Waals surface area contributed by atoms with E-state index in [9.17, 15) is 14.7 Å². The van der Waals surface area contributed by atoms with Crippen LogP contribution in [0.5, 0.6) is 0 Å². The van der Waals surface area contributed by atoms with Crippen LogP contribution in [0.25, 0.3) is 0 Å². The van der Waals surface area contributed by atoms with Crippen LogP contribution in [-0.4, -0.2) is 51.0 Å². The van der Waals surface area contributed by atoms with Crippen molar-refractivity contribution >= 4 is 12.1 Å². The van der Waals surface area contributed by atoms with Gasteiger partial charge in [-0.1, -0.05) is 0 Å². The summed E-state index contributed by atoms with van der Waals surface area (Å²) in [5, 5.41) is 18.7. The van der Waals surface area contributed by atoms with E-state index in [1.54, 1.807) is 20.8 Å². The molecule has 0 radical (unpaired) electrons. The van der Waals surface area contributed by atoms with Gasteiger partial charge in [-0.25, -0.2) is 9.59 Å². The van der Waals surface area contributed by atoms with Crippen LogP contribution in [0.1, 0.15) is 34.1 Å². The van der Waals surface area contributed by atoms with Crippen molar-refractivity contribution in [1.29, 1.82) is 0 Å². The summed E-state index contributed by atoms with van der Waals surface area (Å²) >= 11 is 0. The first-order chi connectivity index (χ1) is 7.56. The van der Waals surface area contributed by atoms with Crippen LogP contribution in [0.4, 0.5) is 4.79 Å². The molecule has 1 rings (SSSR count). The maximum absolute atomic E-state index is 11.9. The van der Waals surface area contributed by atoms with E-state index >= 15 is 0 Å². The van der Waals surface area contributed by atoms with Gasteiger partial charge in [-0.05, 0) is 27.7 Å². The van der Waals surface area contributed by atoms with Gasteiger partial charge >= 0.3 is 12.1 Å². The molecule has 1 heterocycles. The summed E-state index contributed by atoms with van der Waals surface area (Å²) in [5.41, 5.74) is -2.09. The Kier molecular flexibility index (Phi) is 3.38. The predicted molar refractivity (Wildman–Crippen MR) is 59.6 cm³/mol. The zero-order valence-electron chi connectivity index (χ0n) is 10.6. The number of carboxylic acids is 1. The largest absolute Gasteiger partial charge is 0.480 e. The fourth-order valence-corrected chi connectivity index (χ4v) is 1.84. The summed E-state index contributed by atoms with van der Waals surface area (Å²) < 4.78 is 5.13. The number of likely N-dealkylation sites (tertiary alicyclic amines) is 1. The first-order valence-corrected chi connectivity index (χ1v) is 5.48. The van der Waals surface area contributed by atoms with E-state index in [1.807, 2.05) is 0 Å². The van der Waals surface area contributed by atoms with Crippen molar-refractivity contribution in [3.8, 4) is 0 Å². The summed E-state index contributed by atoms with van der Waals surface area (Å²) in [6.07, 6.45) is -1.52. The highest BCUT2D eigenvalue weighted by Crippen LogP contribution is 2.31. The van der Waals surface area contributed by atoms with Gasteiger partial charge in [0.15, 0.2) is 0 Å². The van der Waals surface area contributed by atoms with Gasteiger partial charge in [-0.2, -0.15) is 0 Å². The lowest BCUT2D eigenvalue weighted by molar-refractivity contribution is -0.148. The fraction of sp³-hybridized carbons (Fsp3) is 0.818. The molecule has 6 nitrogen and oxygen atoms in total. The maximum atomic E-state index is 11.9. The number of hydrogen-bond donors (Lipinski definition) is 2. The Morgan fingerprint density at radius 2 is 1.94 bits per heavy atom. The molecule has 0 aliphatic carbocycles. The molecule has 0 aromatic rings. The van der Waals surface area contributed by atoms with E-state index in [0.717, 1.165) is 4.90 Å². The van der Waals surface area contributed by atoms with Crippen LogP contribution in [0.2, 0.25) is 0 Å². The SMILES string of the molecule is CC(C)(C)OC(=O)N1C[C@H](O)C[C@@]1(C)C(=O)O. The average Bonchev–Trinajstić information content (AvgIpc) is 2.40. The standard InChI is InChI=1S/C11H19NO5/c1-10(2,3)17-9(16)12-6-7(13)5-11(12,4)8(14)15/h7,13H,5-6H2,1-4H3,(H,14,15)/t7-,11+/m1/s1. The number of β-amino-alcohol motifs (C(OH)–C–C–N with tert-alkyl or cyclic N) is 1. The molecular formula is C11H19NO5. The number of carbonyl (C=O) groups is 2. The number of carbonyl (C=O) groups excluding carboxylic acids is 1. The Bertz CT molecular complexity index is 335. The first-order valence-electron chi connectivity index (χ1n) is 5.48. The zero-order valence-corrected chi connectivity index (χ0v) is 10.6. The topological polar surface area (TPSA) is 87.1 Å². The van der Waals surface area contributed by atoms with Crippen molar-refractivity contribution in [2.45, 2.75) is 51.4 Å². The lowest BCUT2D eigenvalue weighted by Gasteiger charge is -2.32. The van der Waals surface area contributed by atoms with Crippen molar-refractivity contribution in [3.05, 3.63) is 0 Å². The molecule has 0 spiro atoms. The molecule has 0 unspecified atom stereocenters. The Morgan fingerprint density at radius 3 is 2.35 bits per heavy atom. The molecule has 0 bridgehead atoms. The number of aliphatic hydroxyl groups is 1. The van der Waals surface area contributed by atoms with Crippen LogP contribution >= 0.6 is 0 Å². The molecule has 1 aliphatic rings. The molecule has 0 saturated carbocycles. The lowest BCUT2D eigenvalue weighted by Crippen LogP contribution is -2.52. The van der Waals surface area contributed by atoms with Crippen molar-refractivity contribution in [1.82, 2.24) is 4.90 Å². The third-order valence-electron chi connectivity index (χ3n) is 2.70. The van der Waals surface area contributed by atoms with Gasteiger partial charge in [0.05, 0.1) is 12.6 Å². The van der Waals surface area contributed by atoms with Gasteiger partial charge in [-0.3, -0.25) is 4.90 Å². The van der Waals surface area contributed by atoms with E-state index in [0.29, 0.717) is 0 Å². The minimum Gasteiger partial charge on any atom is -0.480 e. The number of rotatable bonds is 1. The van der Waals surface area contributed by atoms with Gasteiger partial charge in [-0.15, -0.1) is 0 Å². The van der Waals surface area contributed by atoms with E-state index < -0.39 is 29.3 Å². The smallest absolute Gasteiger partial charge is 0.411 e. The highest BCUT2D eigenvalue weighted by atomic mass is 16.6. The number of ether oxygens (including phenoxy) is 1. The molecule has 1 fully saturated rings. The third-order valence-corrected chi connectivity index (χ3v) is 2.70. The second-order valence-corrected chi connectivity index (χ2v) is 5.53. The van der Waals surface area contributed by atoms with Crippen molar-refractivity contribution in [2.24, 2.45) is 0 Å². The second kappa shape index (κ2) is 4.18. The Balaban J connectivity index is 2.88. The summed E-state index contributed by atoms with van der Waals surface area (Å²) in [6, 6.07) is 0. The van der Waals surface area contributed by atoms with Crippen molar-refractivity contribution < 1.29 is 24.5 Å². The number of nitrogens with zero attached hydrogens (tertiary/aromatic N) is 1. The van der Waals surface area contributed by atoms with Gasteiger partial charge < -0.3 is 14.9 Å². The number of aliphatic carboxylic acids is 1. The molecule has 0 aromatic carbocycles. The molecule has 1 aliphatic heterocycles. The molecule has 98 valence electrons. The quantitative estimate of drug-likeness (QED) is 0.714. The summed E-state index contributed by atoms with van der Waals surface area (Å²) in [4.78, 5) is 24.1. The normalized spacial score (nSPS) is 29.2. The van der Waals surface area contributed by atoms with E-state index in [-0.39, 0.29) is 13.0 Å². The summed E-state index contributed by atoms with van der Waals surface area (Å²) in [6.45, 7) is 6.51. The van der Waals surface area contributed by atoms with Gasteiger partial charge in [0.25, 0.3) is 0 Å². The van der Waals surface area contributed by atoms with Crippen molar-refractivity contribution in [2.75, 3.05) is 6.54 Å². The molecule has 0 aromatic heterocycles. The van der Waals surface area contributed by atoms with Crippen molar-refractivity contribution in [3.63, 3.8) is 0 Å².